The Balaban J connectivity index is 1.99. The van der Waals surface area contributed by atoms with Crippen molar-refractivity contribution < 1.29 is 9.47 Å². The molecule has 3 heteroatoms. The number of para-hydroxylation sites is 1. The number of pyridine rings is 1. The molecule has 0 bridgehead atoms. The molecule has 27 heavy (non-hydrogen) atoms. The minimum atomic E-state index is -0.297. The van der Waals surface area contributed by atoms with Crippen molar-refractivity contribution in [1.29, 1.82) is 0 Å². The molecule has 136 valence electrons. The molecule has 3 aromatic rings. The highest BCUT2D eigenvalue weighted by atomic mass is 16.5. The lowest BCUT2D eigenvalue weighted by atomic mass is 10.0. The van der Waals surface area contributed by atoms with Gasteiger partial charge < -0.3 is 9.47 Å². The Morgan fingerprint density at radius 3 is 2.19 bits per heavy atom. The minimum Gasteiger partial charge on any atom is -0.495 e. The Bertz CT molecular complexity index is 991. The summed E-state index contributed by atoms with van der Waals surface area (Å²) in [4.78, 5) is 4.66. The summed E-state index contributed by atoms with van der Waals surface area (Å²) in [5.41, 5.74) is 3.27. The normalized spacial score (nSPS) is 10.7. The van der Waals surface area contributed by atoms with Gasteiger partial charge in [0.15, 0.2) is 0 Å². The van der Waals surface area contributed by atoms with Crippen LogP contribution in [0.3, 0.4) is 0 Å². The minimum absolute atomic E-state index is 0.297. The summed E-state index contributed by atoms with van der Waals surface area (Å²) in [7, 11) is 1.65. The zero-order valence-electron chi connectivity index (χ0n) is 16.1. The van der Waals surface area contributed by atoms with Crippen molar-refractivity contribution in [1.82, 2.24) is 4.98 Å². The van der Waals surface area contributed by atoms with Gasteiger partial charge in [-0.25, -0.2) is 4.98 Å². The van der Waals surface area contributed by atoms with Crippen molar-refractivity contribution in [3.8, 4) is 34.7 Å². The van der Waals surface area contributed by atoms with Gasteiger partial charge in [0.25, 0.3) is 0 Å². The molecule has 3 nitrogen and oxygen atoms in total. The summed E-state index contributed by atoms with van der Waals surface area (Å²) in [5, 5.41) is 0. The third-order valence-electron chi connectivity index (χ3n) is 3.78. The molecule has 1 heterocycles. The van der Waals surface area contributed by atoms with Crippen LogP contribution >= 0.6 is 0 Å². The summed E-state index contributed by atoms with van der Waals surface area (Å²) in [5.74, 6) is 7.84. The number of hydrogen-bond donors (Lipinski definition) is 0. The van der Waals surface area contributed by atoms with Crippen molar-refractivity contribution in [2.45, 2.75) is 26.4 Å². The van der Waals surface area contributed by atoms with Crippen LogP contribution in [0, 0.1) is 11.8 Å². The molecule has 0 saturated heterocycles. The van der Waals surface area contributed by atoms with E-state index in [0.29, 0.717) is 5.88 Å². The lowest BCUT2D eigenvalue weighted by Crippen LogP contribution is -2.23. The number of rotatable bonds is 3. The highest BCUT2D eigenvalue weighted by Gasteiger charge is 2.13. The largest absolute Gasteiger partial charge is 0.495 e. The first-order chi connectivity index (χ1) is 13.0. The highest BCUT2D eigenvalue weighted by Crippen LogP contribution is 2.25. The second-order valence-corrected chi connectivity index (χ2v) is 7.07. The molecule has 0 spiro atoms. The molecule has 3 rings (SSSR count). The third-order valence-corrected chi connectivity index (χ3v) is 3.78. The molecule has 0 amide bonds. The number of hydrogen-bond acceptors (Lipinski definition) is 3. The fourth-order valence-corrected chi connectivity index (χ4v) is 2.63. The van der Waals surface area contributed by atoms with Gasteiger partial charge in [-0.15, -0.1) is 0 Å². The van der Waals surface area contributed by atoms with Crippen LogP contribution in [-0.2, 0) is 0 Å². The Kier molecular flexibility index (Phi) is 5.47. The van der Waals surface area contributed by atoms with Crippen LogP contribution < -0.4 is 9.47 Å². The van der Waals surface area contributed by atoms with E-state index in [1.807, 2.05) is 87.5 Å². The summed E-state index contributed by atoms with van der Waals surface area (Å²) < 4.78 is 11.3. The van der Waals surface area contributed by atoms with Crippen LogP contribution in [0.4, 0.5) is 0 Å². The van der Waals surface area contributed by atoms with Crippen molar-refractivity contribution in [2.24, 2.45) is 0 Å². The van der Waals surface area contributed by atoms with E-state index in [9.17, 15) is 0 Å². The lowest BCUT2D eigenvalue weighted by Gasteiger charge is -2.20. The predicted octanol–water partition coefficient (Wildman–Crippen LogP) is 5.33. The highest BCUT2D eigenvalue weighted by molar-refractivity contribution is 5.69. The monoisotopic (exact) mass is 357 g/mol. The second-order valence-electron chi connectivity index (χ2n) is 7.07. The van der Waals surface area contributed by atoms with Gasteiger partial charge in [-0.05, 0) is 45.0 Å². The Morgan fingerprint density at radius 1 is 0.778 bits per heavy atom. The summed E-state index contributed by atoms with van der Waals surface area (Å²) in [6, 6.07) is 21.5. The topological polar surface area (TPSA) is 31.4 Å². The van der Waals surface area contributed by atoms with Crippen LogP contribution in [0.5, 0.6) is 11.6 Å². The molecule has 0 aliphatic rings. The van der Waals surface area contributed by atoms with Crippen LogP contribution in [0.1, 0.15) is 31.9 Å². The fourth-order valence-electron chi connectivity index (χ4n) is 2.63. The first-order valence-corrected chi connectivity index (χ1v) is 8.87. The van der Waals surface area contributed by atoms with Crippen LogP contribution in [0.2, 0.25) is 0 Å². The molecule has 0 aliphatic carbocycles. The average Bonchev–Trinajstić information content (AvgIpc) is 2.65. The van der Waals surface area contributed by atoms with Gasteiger partial charge in [0.2, 0.25) is 5.88 Å². The number of methoxy groups -OCH3 is 1. The summed E-state index contributed by atoms with van der Waals surface area (Å²) in [6.45, 7) is 6.02. The van der Waals surface area contributed by atoms with Crippen molar-refractivity contribution in [2.75, 3.05) is 7.11 Å². The molecule has 0 radical (unpaired) electrons. The molecule has 1 aromatic heterocycles. The standard InChI is InChI=1S/C24H23NO2/c1-24(2,3)27-23-15-9-13-21(25-23)20-12-7-5-10-18(20)16-17-19-11-6-8-14-22(19)26-4/h5-15H,1-4H3. The van der Waals surface area contributed by atoms with Gasteiger partial charge in [0.05, 0.1) is 18.4 Å². The van der Waals surface area contributed by atoms with Crippen molar-refractivity contribution >= 4 is 0 Å². The number of nitrogens with zero attached hydrogens (tertiary/aromatic N) is 1. The molecule has 0 saturated carbocycles. The van der Waals surface area contributed by atoms with Gasteiger partial charge in [0.1, 0.15) is 11.4 Å². The zero-order chi connectivity index (χ0) is 19.3. The fraction of sp³-hybridized carbons (Fsp3) is 0.208. The van der Waals surface area contributed by atoms with E-state index < -0.39 is 0 Å². The maximum Gasteiger partial charge on any atom is 0.214 e. The Morgan fingerprint density at radius 2 is 1.44 bits per heavy atom. The zero-order valence-corrected chi connectivity index (χ0v) is 16.1. The molecule has 2 aromatic carbocycles. The summed E-state index contributed by atoms with van der Waals surface area (Å²) in [6.07, 6.45) is 0. The van der Waals surface area contributed by atoms with Gasteiger partial charge in [-0.1, -0.05) is 48.2 Å². The molecular formula is C24H23NO2. The van der Waals surface area contributed by atoms with Crippen LogP contribution in [0.25, 0.3) is 11.3 Å². The quantitative estimate of drug-likeness (QED) is 0.593. The van der Waals surface area contributed by atoms with E-state index in [0.717, 1.165) is 28.1 Å². The Labute approximate surface area is 161 Å². The van der Waals surface area contributed by atoms with E-state index >= 15 is 0 Å². The summed E-state index contributed by atoms with van der Waals surface area (Å²) >= 11 is 0. The lowest BCUT2D eigenvalue weighted by molar-refractivity contribution is 0.124. The molecule has 0 fully saturated rings. The average molecular weight is 357 g/mol. The molecular weight excluding hydrogens is 334 g/mol. The van der Waals surface area contributed by atoms with Crippen molar-refractivity contribution in [3.05, 3.63) is 77.9 Å². The Hall–Kier alpha value is -3.25. The van der Waals surface area contributed by atoms with Gasteiger partial charge in [-0.3, -0.25) is 0 Å². The molecule has 0 unspecified atom stereocenters. The SMILES string of the molecule is COc1ccccc1C#Cc1ccccc1-c1cccc(OC(C)(C)C)n1. The van der Waals surface area contributed by atoms with Crippen LogP contribution in [-0.4, -0.2) is 17.7 Å². The number of aromatic nitrogens is 1. The van der Waals surface area contributed by atoms with Crippen molar-refractivity contribution in [3.63, 3.8) is 0 Å². The van der Waals surface area contributed by atoms with E-state index in [2.05, 4.69) is 16.8 Å². The molecule has 0 aliphatic heterocycles. The second kappa shape index (κ2) is 7.97. The molecule has 0 atom stereocenters. The van der Waals surface area contributed by atoms with E-state index in [1.54, 1.807) is 7.11 Å². The first kappa shape index (κ1) is 18.5. The third kappa shape index (κ3) is 4.89. The smallest absolute Gasteiger partial charge is 0.214 e. The van der Waals surface area contributed by atoms with E-state index in [4.69, 9.17) is 9.47 Å². The van der Waals surface area contributed by atoms with E-state index in [1.165, 1.54) is 0 Å². The van der Waals surface area contributed by atoms with E-state index in [-0.39, 0.29) is 5.60 Å². The maximum atomic E-state index is 5.90. The van der Waals surface area contributed by atoms with Gasteiger partial charge in [-0.2, -0.15) is 0 Å². The van der Waals surface area contributed by atoms with Gasteiger partial charge in [0, 0.05) is 17.2 Å². The van der Waals surface area contributed by atoms with Crippen LogP contribution in [0.15, 0.2) is 66.7 Å². The number of ether oxygens (including phenoxy) is 2. The maximum absolute atomic E-state index is 5.90. The predicted molar refractivity (Wildman–Crippen MR) is 109 cm³/mol. The molecule has 0 N–H and O–H groups in total. The van der Waals surface area contributed by atoms with Gasteiger partial charge >= 0.3 is 0 Å². The number of benzene rings is 2. The first-order valence-electron chi connectivity index (χ1n) is 8.87.